The number of halogens is 2. The predicted octanol–water partition coefficient (Wildman–Crippen LogP) is 5.80. The standard InChI is InChI=1S/C22H21Cl2NO4S2/c1-28-19-12-11-16(13-20(19)29-2)31(26,27)25-22(14-7-9-15(30-3)10-8-14)17-5-4-6-18(23)21(17)24/h4-13,22,25H,1-3H3. The largest absolute Gasteiger partial charge is 0.493 e. The first-order valence-corrected chi connectivity index (χ1v) is 12.6. The second-order valence-electron chi connectivity index (χ2n) is 6.49. The SMILES string of the molecule is COc1ccc(S(=O)(=O)NC(c2ccc(SC)cc2)c2cccc(Cl)c2Cl)cc1OC. The molecule has 31 heavy (non-hydrogen) atoms. The van der Waals surface area contributed by atoms with E-state index in [2.05, 4.69) is 4.72 Å². The maximum atomic E-state index is 13.3. The second-order valence-corrected chi connectivity index (χ2v) is 9.87. The molecule has 0 aliphatic heterocycles. The van der Waals surface area contributed by atoms with Crippen molar-refractivity contribution in [2.75, 3.05) is 20.5 Å². The minimum absolute atomic E-state index is 0.0361. The van der Waals surface area contributed by atoms with Crippen LogP contribution in [0, 0.1) is 0 Å². The summed E-state index contributed by atoms with van der Waals surface area (Å²) in [6, 6.07) is 16.4. The number of ether oxygens (including phenoxy) is 2. The Labute approximate surface area is 196 Å². The van der Waals surface area contributed by atoms with Crippen LogP contribution < -0.4 is 14.2 Å². The number of thioether (sulfide) groups is 1. The fourth-order valence-corrected chi connectivity index (χ4v) is 5.10. The molecule has 1 unspecified atom stereocenters. The monoisotopic (exact) mass is 497 g/mol. The number of nitrogens with one attached hydrogen (secondary N) is 1. The van der Waals surface area contributed by atoms with Gasteiger partial charge >= 0.3 is 0 Å². The molecule has 0 aromatic heterocycles. The molecule has 0 saturated heterocycles. The van der Waals surface area contributed by atoms with E-state index in [1.807, 2.05) is 30.5 Å². The number of hydrogen-bond acceptors (Lipinski definition) is 5. The van der Waals surface area contributed by atoms with Crippen LogP contribution in [-0.2, 0) is 10.0 Å². The molecule has 0 bridgehead atoms. The van der Waals surface area contributed by atoms with E-state index in [0.717, 1.165) is 10.5 Å². The van der Waals surface area contributed by atoms with Crippen LogP contribution >= 0.6 is 35.0 Å². The second kappa shape index (κ2) is 10.1. The molecule has 1 N–H and O–H groups in total. The highest BCUT2D eigenvalue weighted by molar-refractivity contribution is 7.98. The highest BCUT2D eigenvalue weighted by atomic mass is 35.5. The van der Waals surface area contributed by atoms with Gasteiger partial charge in [0.25, 0.3) is 0 Å². The molecule has 3 aromatic carbocycles. The Morgan fingerprint density at radius 1 is 0.935 bits per heavy atom. The van der Waals surface area contributed by atoms with E-state index in [1.165, 1.54) is 26.4 Å². The van der Waals surface area contributed by atoms with Gasteiger partial charge < -0.3 is 9.47 Å². The Kier molecular flexibility index (Phi) is 7.78. The number of benzene rings is 3. The summed E-state index contributed by atoms with van der Waals surface area (Å²) < 4.78 is 39.8. The van der Waals surface area contributed by atoms with Crippen LogP contribution in [0.25, 0.3) is 0 Å². The maximum Gasteiger partial charge on any atom is 0.241 e. The van der Waals surface area contributed by atoms with Gasteiger partial charge in [-0.2, -0.15) is 4.72 Å². The zero-order valence-electron chi connectivity index (χ0n) is 17.1. The van der Waals surface area contributed by atoms with Crippen LogP contribution in [0.1, 0.15) is 17.2 Å². The Hall–Kier alpha value is -1.90. The van der Waals surface area contributed by atoms with E-state index in [1.54, 1.807) is 36.0 Å². The van der Waals surface area contributed by atoms with Crippen molar-refractivity contribution in [2.45, 2.75) is 15.8 Å². The average molecular weight is 498 g/mol. The molecule has 5 nitrogen and oxygen atoms in total. The van der Waals surface area contributed by atoms with Crippen molar-refractivity contribution in [2.24, 2.45) is 0 Å². The summed E-state index contributed by atoms with van der Waals surface area (Å²) in [6.45, 7) is 0. The quantitative estimate of drug-likeness (QED) is 0.398. The van der Waals surface area contributed by atoms with Gasteiger partial charge in [-0.15, -0.1) is 11.8 Å². The third-order valence-electron chi connectivity index (χ3n) is 4.68. The Balaban J connectivity index is 2.08. The van der Waals surface area contributed by atoms with Gasteiger partial charge in [-0.25, -0.2) is 8.42 Å². The average Bonchev–Trinajstić information content (AvgIpc) is 2.79. The van der Waals surface area contributed by atoms with Crippen LogP contribution in [0.5, 0.6) is 11.5 Å². The van der Waals surface area contributed by atoms with Gasteiger partial charge in [0.1, 0.15) is 0 Å². The molecule has 0 amide bonds. The van der Waals surface area contributed by atoms with Gasteiger partial charge in [0.15, 0.2) is 11.5 Å². The minimum atomic E-state index is -3.95. The fourth-order valence-electron chi connectivity index (χ4n) is 3.06. The molecule has 0 spiro atoms. The summed E-state index contributed by atoms with van der Waals surface area (Å²) in [4.78, 5) is 1.09. The number of rotatable bonds is 8. The molecule has 164 valence electrons. The van der Waals surface area contributed by atoms with Crippen LogP contribution in [0.4, 0.5) is 0 Å². The van der Waals surface area contributed by atoms with Crippen molar-refractivity contribution < 1.29 is 17.9 Å². The zero-order valence-corrected chi connectivity index (χ0v) is 20.2. The molecule has 3 aromatic rings. The van der Waals surface area contributed by atoms with E-state index in [-0.39, 0.29) is 9.92 Å². The van der Waals surface area contributed by atoms with E-state index in [9.17, 15) is 8.42 Å². The first-order valence-electron chi connectivity index (χ1n) is 9.13. The van der Waals surface area contributed by atoms with E-state index < -0.39 is 16.1 Å². The fraction of sp³-hybridized carbons (Fsp3) is 0.182. The molecule has 0 saturated carbocycles. The molecule has 3 rings (SSSR count). The molecule has 0 aliphatic rings. The van der Waals surface area contributed by atoms with Crippen molar-refractivity contribution >= 4 is 45.0 Å². The van der Waals surface area contributed by atoms with Crippen LogP contribution in [0.3, 0.4) is 0 Å². The number of hydrogen-bond donors (Lipinski definition) is 1. The van der Waals surface area contributed by atoms with Crippen molar-refractivity contribution in [3.05, 3.63) is 81.8 Å². The first kappa shape index (κ1) is 23.8. The van der Waals surface area contributed by atoms with Crippen LogP contribution in [0.2, 0.25) is 10.0 Å². The molecule has 1 atom stereocenters. The first-order chi connectivity index (χ1) is 14.8. The zero-order chi connectivity index (χ0) is 22.6. The molecule has 0 radical (unpaired) electrons. The van der Waals surface area contributed by atoms with Crippen molar-refractivity contribution in [1.82, 2.24) is 4.72 Å². The summed E-state index contributed by atoms with van der Waals surface area (Å²) >= 11 is 14.3. The summed E-state index contributed by atoms with van der Waals surface area (Å²) in [7, 11) is -1.02. The lowest BCUT2D eigenvalue weighted by atomic mass is 10.00. The molecule has 0 heterocycles. The summed E-state index contributed by atoms with van der Waals surface area (Å²) in [5.41, 5.74) is 1.28. The van der Waals surface area contributed by atoms with Crippen LogP contribution in [0.15, 0.2) is 70.5 Å². The Bertz CT molecular complexity index is 1170. The Morgan fingerprint density at radius 3 is 2.23 bits per heavy atom. The molecule has 0 aliphatic carbocycles. The van der Waals surface area contributed by atoms with Gasteiger partial charge in [0.2, 0.25) is 10.0 Å². The van der Waals surface area contributed by atoms with E-state index >= 15 is 0 Å². The number of methoxy groups -OCH3 is 2. The maximum absolute atomic E-state index is 13.3. The number of sulfonamides is 1. The molecular weight excluding hydrogens is 477 g/mol. The van der Waals surface area contributed by atoms with Gasteiger partial charge in [-0.1, -0.05) is 47.5 Å². The third kappa shape index (κ3) is 5.30. The van der Waals surface area contributed by atoms with Gasteiger partial charge in [0, 0.05) is 11.0 Å². The van der Waals surface area contributed by atoms with E-state index in [0.29, 0.717) is 22.1 Å². The molecule has 0 fully saturated rings. The normalized spacial score (nSPS) is 12.4. The van der Waals surface area contributed by atoms with Gasteiger partial charge in [-0.05, 0) is 47.7 Å². The lowest BCUT2D eigenvalue weighted by Crippen LogP contribution is -2.29. The lowest BCUT2D eigenvalue weighted by Gasteiger charge is -2.22. The topological polar surface area (TPSA) is 64.6 Å². The summed E-state index contributed by atoms with van der Waals surface area (Å²) in [5, 5.41) is 0.633. The van der Waals surface area contributed by atoms with Crippen LogP contribution in [-0.4, -0.2) is 28.9 Å². The molecule has 9 heteroatoms. The van der Waals surface area contributed by atoms with Gasteiger partial charge in [0.05, 0.1) is 35.2 Å². The van der Waals surface area contributed by atoms with Crippen molar-refractivity contribution in [1.29, 1.82) is 0 Å². The summed E-state index contributed by atoms with van der Waals surface area (Å²) in [6.07, 6.45) is 1.97. The highest BCUT2D eigenvalue weighted by Crippen LogP contribution is 2.36. The smallest absolute Gasteiger partial charge is 0.241 e. The third-order valence-corrected chi connectivity index (χ3v) is 7.68. The van der Waals surface area contributed by atoms with Crippen molar-refractivity contribution in [3.63, 3.8) is 0 Å². The van der Waals surface area contributed by atoms with E-state index in [4.69, 9.17) is 32.7 Å². The summed E-state index contributed by atoms with van der Waals surface area (Å²) in [5.74, 6) is 0.746. The lowest BCUT2D eigenvalue weighted by molar-refractivity contribution is 0.354. The predicted molar refractivity (Wildman–Crippen MR) is 126 cm³/mol. The van der Waals surface area contributed by atoms with Crippen molar-refractivity contribution in [3.8, 4) is 11.5 Å². The van der Waals surface area contributed by atoms with Gasteiger partial charge in [-0.3, -0.25) is 0 Å². The Morgan fingerprint density at radius 2 is 1.61 bits per heavy atom. The minimum Gasteiger partial charge on any atom is -0.493 e. The molecular formula is C22H21Cl2NO4S2. The highest BCUT2D eigenvalue weighted by Gasteiger charge is 2.26.